The molecule has 0 aliphatic heterocycles. The van der Waals surface area contributed by atoms with E-state index in [-0.39, 0.29) is 4.90 Å². The smallest absolute Gasteiger partial charge is 0.238 e. The van der Waals surface area contributed by atoms with Crippen molar-refractivity contribution in [1.29, 1.82) is 0 Å². The lowest BCUT2D eigenvalue weighted by molar-refractivity contribution is 0.340. The van der Waals surface area contributed by atoms with Gasteiger partial charge in [0.15, 0.2) is 0 Å². The summed E-state index contributed by atoms with van der Waals surface area (Å²) in [6.45, 7) is 2.58. The molecule has 0 spiro atoms. The molecule has 0 atom stereocenters. The quantitative estimate of drug-likeness (QED) is 0.774. The Morgan fingerprint density at radius 1 is 1.00 bits per heavy atom. The molecule has 0 saturated heterocycles. The van der Waals surface area contributed by atoms with Crippen LogP contribution in [0.4, 0.5) is 0 Å². The highest BCUT2D eigenvalue weighted by molar-refractivity contribution is 7.89. The zero-order valence-corrected chi connectivity index (χ0v) is 14.0. The molecule has 5 nitrogen and oxygen atoms in total. The molecule has 1 aromatic heterocycles. The zero-order valence-electron chi connectivity index (χ0n) is 13.2. The largest absolute Gasteiger partial charge is 0.494 e. The molecule has 0 amide bonds. The summed E-state index contributed by atoms with van der Waals surface area (Å²) in [4.78, 5) is 0.102. The van der Waals surface area contributed by atoms with Crippen LogP contribution in [0.3, 0.4) is 0 Å². The average Bonchev–Trinajstić information content (AvgIpc) is 3.05. The van der Waals surface area contributed by atoms with Crippen molar-refractivity contribution in [3.05, 3.63) is 66.9 Å². The highest BCUT2D eigenvalue weighted by Crippen LogP contribution is 2.26. The van der Waals surface area contributed by atoms with Crippen molar-refractivity contribution in [2.24, 2.45) is 5.14 Å². The normalized spacial score (nSPS) is 11.4. The van der Waals surface area contributed by atoms with E-state index in [1.807, 2.05) is 54.1 Å². The number of primary sulfonamides is 1. The number of benzene rings is 2. The first kappa shape index (κ1) is 16.3. The molecule has 0 aliphatic rings. The van der Waals surface area contributed by atoms with Gasteiger partial charge in [0, 0.05) is 11.9 Å². The molecule has 0 bridgehead atoms. The maximum absolute atomic E-state index is 11.4. The Hall–Kier alpha value is -2.57. The van der Waals surface area contributed by atoms with E-state index in [4.69, 9.17) is 9.88 Å². The highest BCUT2D eigenvalue weighted by atomic mass is 32.2. The Balaban J connectivity index is 1.95. The molecular formula is C18H18N2O3S. The molecule has 2 N–H and O–H groups in total. The second-order valence-corrected chi connectivity index (χ2v) is 6.82. The lowest BCUT2D eigenvalue weighted by Crippen LogP contribution is -2.11. The molecular weight excluding hydrogens is 324 g/mol. The summed E-state index contributed by atoms with van der Waals surface area (Å²) in [6.07, 6.45) is 1.96. The predicted octanol–water partition coefficient (Wildman–Crippen LogP) is 3.19. The molecule has 0 radical (unpaired) electrons. The van der Waals surface area contributed by atoms with Gasteiger partial charge in [-0.15, -0.1) is 0 Å². The SMILES string of the molecule is CCOc1ccc(-n2cccc2-c2ccc(S(N)(=O)=O)cc2)cc1. The Bertz CT molecular complexity index is 927. The summed E-state index contributed by atoms with van der Waals surface area (Å²) in [5.41, 5.74) is 2.86. The van der Waals surface area contributed by atoms with Gasteiger partial charge < -0.3 is 9.30 Å². The van der Waals surface area contributed by atoms with E-state index in [9.17, 15) is 8.42 Å². The van der Waals surface area contributed by atoms with E-state index in [0.717, 1.165) is 22.7 Å². The molecule has 6 heteroatoms. The van der Waals surface area contributed by atoms with Crippen LogP contribution in [-0.2, 0) is 10.0 Å². The number of sulfonamides is 1. The van der Waals surface area contributed by atoms with E-state index >= 15 is 0 Å². The first-order valence-electron chi connectivity index (χ1n) is 7.53. The van der Waals surface area contributed by atoms with Crippen LogP contribution in [0.1, 0.15) is 6.92 Å². The van der Waals surface area contributed by atoms with Crippen LogP contribution >= 0.6 is 0 Å². The van der Waals surface area contributed by atoms with Gasteiger partial charge in [0.05, 0.1) is 17.2 Å². The standard InChI is InChI=1S/C18H18N2O3S/c1-2-23-16-9-7-15(8-10-16)20-13-3-4-18(20)14-5-11-17(12-6-14)24(19,21)22/h3-13H,2H2,1H3,(H2,19,21,22). The number of nitrogens with zero attached hydrogens (tertiary/aromatic N) is 1. The van der Waals surface area contributed by atoms with E-state index < -0.39 is 10.0 Å². The summed E-state index contributed by atoms with van der Waals surface area (Å²) in [6, 6.07) is 18.3. The van der Waals surface area contributed by atoms with Crippen molar-refractivity contribution in [2.45, 2.75) is 11.8 Å². The van der Waals surface area contributed by atoms with E-state index in [1.165, 1.54) is 12.1 Å². The van der Waals surface area contributed by atoms with Crippen molar-refractivity contribution in [3.8, 4) is 22.7 Å². The Kier molecular flexibility index (Phi) is 4.42. The number of hydrogen-bond donors (Lipinski definition) is 1. The van der Waals surface area contributed by atoms with Crippen LogP contribution in [0.15, 0.2) is 71.8 Å². The van der Waals surface area contributed by atoms with Crippen LogP contribution in [0, 0.1) is 0 Å². The molecule has 0 aliphatic carbocycles. The van der Waals surface area contributed by atoms with Gasteiger partial charge in [0.1, 0.15) is 5.75 Å². The lowest BCUT2D eigenvalue weighted by Gasteiger charge is -2.11. The number of rotatable bonds is 5. The van der Waals surface area contributed by atoms with Crippen molar-refractivity contribution in [1.82, 2.24) is 4.57 Å². The number of hydrogen-bond acceptors (Lipinski definition) is 3. The molecule has 2 aromatic carbocycles. The van der Waals surface area contributed by atoms with Crippen molar-refractivity contribution >= 4 is 10.0 Å². The minimum Gasteiger partial charge on any atom is -0.494 e. The molecule has 24 heavy (non-hydrogen) atoms. The number of aromatic nitrogens is 1. The minimum absolute atomic E-state index is 0.102. The topological polar surface area (TPSA) is 74.3 Å². The zero-order chi connectivity index (χ0) is 17.2. The van der Waals surface area contributed by atoms with Crippen LogP contribution in [0.25, 0.3) is 16.9 Å². The van der Waals surface area contributed by atoms with Crippen molar-refractivity contribution < 1.29 is 13.2 Å². The van der Waals surface area contributed by atoms with E-state index in [2.05, 4.69) is 0 Å². The first-order valence-corrected chi connectivity index (χ1v) is 9.07. The monoisotopic (exact) mass is 342 g/mol. The van der Waals surface area contributed by atoms with Crippen molar-refractivity contribution in [2.75, 3.05) is 6.61 Å². The molecule has 0 fully saturated rings. The molecule has 3 rings (SSSR count). The minimum atomic E-state index is -3.68. The first-order chi connectivity index (χ1) is 11.5. The van der Waals surface area contributed by atoms with E-state index in [0.29, 0.717) is 6.61 Å². The van der Waals surface area contributed by atoms with E-state index in [1.54, 1.807) is 12.1 Å². The Labute approximate surface area is 141 Å². The van der Waals surface area contributed by atoms with Crippen LogP contribution < -0.4 is 9.88 Å². The third-order valence-corrected chi connectivity index (χ3v) is 4.58. The fraction of sp³-hybridized carbons (Fsp3) is 0.111. The summed E-state index contributed by atoms with van der Waals surface area (Å²) in [5.74, 6) is 0.826. The molecule has 1 heterocycles. The van der Waals surface area contributed by atoms with Gasteiger partial charge in [-0.2, -0.15) is 0 Å². The molecule has 124 valence electrons. The summed E-state index contributed by atoms with van der Waals surface area (Å²) < 4.78 is 30.2. The van der Waals surface area contributed by atoms with Gasteiger partial charge in [-0.3, -0.25) is 0 Å². The summed E-state index contributed by atoms with van der Waals surface area (Å²) >= 11 is 0. The summed E-state index contributed by atoms with van der Waals surface area (Å²) in [5, 5.41) is 5.14. The Morgan fingerprint density at radius 3 is 2.25 bits per heavy atom. The van der Waals surface area contributed by atoms with Gasteiger partial charge in [0.25, 0.3) is 0 Å². The van der Waals surface area contributed by atoms with Gasteiger partial charge in [0.2, 0.25) is 10.0 Å². The fourth-order valence-corrected chi connectivity index (χ4v) is 3.04. The van der Waals surface area contributed by atoms with Gasteiger partial charge in [-0.05, 0) is 61.0 Å². The maximum atomic E-state index is 11.4. The second kappa shape index (κ2) is 6.51. The van der Waals surface area contributed by atoms with Gasteiger partial charge in [-0.25, -0.2) is 13.6 Å². The highest BCUT2D eigenvalue weighted by Gasteiger charge is 2.10. The van der Waals surface area contributed by atoms with Gasteiger partial charge in [-0.1, -0.05) is 12.1 Å². The van der Waals surface area contributed by atoms with Crippen LogP contribution in [0.2, 0.25) is 0 Å². The number of ether oxygens (including phenoxy) is 1. The Morgan fingerprint density at radius 2 is 1.67 bits per heavy atom. The van der Waals surface area contributed by atoms with Crippen LogP contribution in [-0.4, -0.2) is 19.6 Å². The predicted molar refractivity (Wildman–Crippen MR) is 93.7 cm³/mol. The van der Waals surface area contributed by atoms with Gasteiger partial charge >= 0.3 is 0 Å². The molecule has 3 aromatic rings. The maximum Gasteiger partial charge on any atom is 0.238 e. The fourth-order valence-electron chi connectivity index (χ4n) is 2.53. The van der Waals surface area contributed by atoms with Crippen molar-refractivity contribution in [3.63, 3.8) is 0 Å². The summed E-state index contributed by atoms with van der Waals surface area (Å²) in [7, 11) is -3.68. The average molecular weight is 342 g/mol. The molecule has 0 saturated carbocycles. The third kappa shape index (κ3) is 3.34. The third-order valence-electron chi connectivity index (χ3n) is 3.65. The second-order valence-electron chi connectivity index (χ2n) is 5.26. The molecule has 0 unspecified atom stereocenters. The lowest BCUT2D eigenvalue weighted by atomic mass is 10.1. The number of nitrogens with two attached hydrogens (primary N) is 1. The van der Waals surface area contributed by atoms with Crippen LogP contribution in [0.5, 0.6) is 5.75 Å².